The summed E-state index contributed by atoms with van der Waals surface area (Å²) >= 11 is 0. The van der Waals surface area contributed by atoms with E-state index in [1.165, 1.54) is 0 Å². The molecule has 0 bridgehead atoms. The summed E-state index contributed by atoms with van der Waals surface area (Å²) in [6.07, 6.45) is -4.65. The number of nitro benzene ring substituents is 1. The zero-order valence-corrected chi connectivity index (χ0v) is 12.1. The van der Waals surface area contributed by atoms with Gasteiger partial charge in [-0.15, -0.1) is 0 Å². The van der Waals surface area contributed by atoms with E-state index in [1.807, 2.05) is 0 Å². The smallest absolute Gasteiger partial charge is 0.330 e. The summed E-state index contributed by atoms with van der Waals surface area (Å²) in [5.41, 5.74) is 4.84. The fourth-order valence-corrected chi connectivity index (χ4v) is 3.10. The molecule has 0 spiro atoms. The third kappa shape index (κ3) is 4.93. The van der Waals surface area contributed by atoms with Gasteiger partial charge in [0.1, 0.15) is 6.54 Å². The first-order valence-electron chi connectivity index (χ1n) is 6.09. The lowest BCUT2D eigenvalue weighted by molar-refractivity contribution is -0.384. The molecule has 7 nitrogen and oxygen atoms in total. The van der Waals surface area contributed by atoms with Gasteiger partial charge in [-0.05, 0) is 25.1 Å². The second kappa shape index (κ2) is 7.03. The molecule has 0 amide bonds. The Kier molecular flexibility index (Phi) is 5.85. The zero-order valence-electron chi connectivity index (χ0n) is 11.3. The normalized spacial score (nSPS) is 12.6. The third-order valence-corrected chi connectivity index (χ3v) is 4.51. The lowest BCUT2D eigenvalue weighted by atomic mass is 10.3. The number of hydrogen-bond acceptors (Lipinski definition) is 5. The Bertz CT molecular complexity index is 616. The average molecular weight is 341 g/mol. The molecule has 1 aromatic carbocycles. The monoisotopic (exact) mass is 341 g/mol. The summed E-state index contributed by atoms with van der Waals surface area (Å²) in [4.78, 5) is 9.32. The Morgan fingerprint density at radius 2 is 1.77 bits per heavy atom. The SMILES string of the molecule is NCCCN(CC(F)(F)F)S(=O)(=O)c1ccc([N+](=O)[O-])cc1. The van der Waals surface area contributed by atoms with Crippen molar-refractivity contribution in [1.29, 1.82) is 0 Å². The van der Waals surface area contributed by atoms with E-state index < -0.39 is 39.1 Å². The van der Waals surface area contributed by atoms with Crippen molar-refractivity contribution >= 4 is 15.7 Å². The van der Waals surface area contributed by atoms with Gasteiger partial charge in [-0.2, -0.15) is 17.5 Å². The number of non-ortho nitro benzene ring substituents is 1. The van der Waals surface area contributed by atoms with Crippen molar-refractivity contribution in [2.24, 2.45) is 5.73 Å². The van der Waals surface area contributed by atoms with E-state index >= 15 is 0 Å². The van der Waals surface area contributed by atoms with Crippen LogP contribution >= 0.6 is 0 Å². The maximum absolute atomic E-state index is 12.5. The van der Waals surface area contributed by atoms with Crippen LogP contribution in [-0.2, 0) is 10.0 Å². The lowest BCUT2D eigenvalue weighted by Crippen LogP contribution is -2.40. The van der Waals surface area contributed by atoms with Gasteiger partial charge in [0.25, 0.3) is 5.69 Å². The van der Waals surface area contributed by atoms with E-state index in [-0.39, 0.29) is 23.0 Å². The van der Waals surface area contributed by atoms with Crippen LogP contribution in [0.4, 0.5) is 18.9 Å². The summed E-state index contributed by atoms with van der Waals surface area (Å²) in [6.45, 7) is -2.01. The highest BCUT2D eigenvalue weighted by Gasteiger charge is 2.36. The van der Waals surface area contributed by atoms with E-state index in [0.29, 0.717) is 0 Å². The first-order chi connectivity index (χ1) is 10.1. The number of nitro groups is 1. The number of sulfonamides is 1. The topological polar surface area (TPSA) is 107 Å². The Labute approximate surface area is 124 Å². The molecule has 0 fully saturated rings. The molecule has 1 aromatic rings. The number of nitrogens with zero attached hydrogens (tertiary/aromatic N) is 2. The van der Waals surface area contributed by atoms with Crippen LogP contribution in [0.5, 0.6) is 0 Å². The molecule has 0 aliphatic heterocycles. The Balaban J connectivity index is 3.11. The minimum Gasteiger partial charge on any atom is -0.330 e. The van der Waals surface area contributed by atoms with E-state index in [2.05, 4.69) is 0 Å². The zero-order chi connectivity index (χ0) is 17.0. The molecule has 124 valence electrons. The third-order valence-electron chi connectivity index (χ3n) is 2.65. The first kappa shape index (κ1) is 18.3. The quantitative estimate of drug-likeness (QED) is 0.597. The fraction of sp³-hybridized carbons (Fsp3) is 0.455. The van der Waals surface area contributed by atoms with Crippen molar-refractivity contribution in [3.63, 3.8) is 0 Å². The average Bonchev–Trinajstić information content (AvgIpc) is 2.42. The van der Waals surface area contributed by atoms with Crippen LogP contribution < -0.4 is 5.73 Å². The van der Waals surface area contributed by atoms with Gasteiger partial charge in [0, 0.05) is 18.7 Å². The van der Waals surface area contributed by atoms with Gasteiger partial charge in [0.15, 0.2) is 0 Å². The van der Waals surface area contributed by atoms with E-state index in [1.54, 1.807) is 0 Å². The minimum atomic E-state index is -4.71. The largest absolute Gasteiger partial charge is 0.402 e. The molecule has 0 atom stereocenters. The highest BCUT2D eigenvalue weighted by atomic mass is 32.2. The summed E-state index contributed by atoms with van der Waals surface area (Å²) in [5.74, 6) is 0. The summed E-state index contributed by atoms with van der Waals surface area (Å²) in [6, 6.07) is 3.64. The summed E-state index contributed by atoms with van der Waals surface area (Å²) in [5, 5.41) is 10.5. The predicted octanol–water partition coefficient (Wildman–Crippen LogP) is 1.50. The number of halogens is 3. The van der Waals surface area contributed by atoms with Crippen LogP contribution in [-0.4, -0.2) is 43.5 Å². The second-order valence-electron chi connectivity index (χ2n) is 4.35. The molecule has 0 aliphatic carbocycles. The molecule has 0 saturated carbocycles. The molecular weight excluding hydrogens is 327 g/mol. The van der Waals surface area contributed by atoms with Gasteiger partial charge in [-0.3, -0.25) is 10.1 Å². The highest BCUT2D eigenvalue weighted by molar-refractivity contribution is 7.89. The molecule has 0 saturated heterocycles. The molecule has 1 rings (SSSR count). The molecule has 0 radical (unpaired) electrons. The van der Waals surface area contributed by atoms with Gasteiger partial charge in [0.2, 0.25) is 10.0 Å². The van der Waals surface area contributed by atoms with Crippen molar-refractivity contribution in [3.8, 4) is 0 Å². The molecular formula is C11H14F3N3O4S. The van der Waals surface area contributed by atoms with Crippen molar-refractivity contribution < 1.29 is 26.5 Å². The highest BCUT2D eigenvalue weighted by Crippen LogP contribution is 2.24. The van der Waals surface area contributed by atoms with Crippen LogP contribution in [0.2, 0.25) is 0 Å². The maximum atomic E-state index is 12.5. The number of nitrogens with two attached hydrogens (primary N) is 1. The summed E-state index contributed by atoms with van der Waals surface area (Å²) in [7, 11) is -4.41. The van der Waals surface area contributed by atoms with Crippen LogP contribution in [0.25, 0.3) is 0 Å². The molecule has 0 heterocycles. The molecule has 22 heavy (non-hydrogen) atoms. The van der Waals surface area contributed by atoms with Gasteiger partial charge in [0.05, 0.1) is 9.82 Å². The van der Waals surface area contributed by atoms with E-state index in [0.717, 1.165) is 24.3 Å². The molecule has 11 heteroatoms. The van der Waals surface area contributed by atoms with Crippen molar-refractivity contribution in [2.45, 2.75) is 17.5 Å². The number of alkyl halides is 3. The van der Waals surface area contributed by atoms with Gasteiger partial charge < -0.3 is 5.73 Å². The summed E-state index contributed by atoms with van der Waals surface area (Å²) < 4.78 is 62.3. The van der Waals surface area contributed by atoms with Crippen molar-refractivity contribution in [2.75, 3.05) is 19.6 Å². The fourth-order valence-electron chi connectivity index (χ4n) is 1.64. The number of benzene rings is 1. The maximum Gasteiger partial charge on any atom is 0.402 e. The number of hydrogen-bond donors (Lipinski definition) is 1. The van der Waals surface area contributed by atoms with E-state index in [9.17, 15) is 31.7 Å². The molecule has 0 aromatic heterocycles. The second-order valence-corrected chi connectivity index (χ2v) is 6.28. The number of rotatable bonds is 7. The van der Waals surface area contributed by atoms with Crippen LogP contribution in [0, 0.1) is 10.1 Å². The van der Waals surface area contributed by atoms with Gasteiger partial charge >= 0.3 is 6.18 Å². The van der Waals surface area contributed by atoms with Crippen LogP contribution in [0.1, 0.15) is 6.42 Å². The predicted molar refractivity (Wildman–Crippen MR) is 71.6 cm³/mol. The molecule has 0 unspecified atom stereocenters. The minimum absolute atomic E-state index is 0.0319. The van der Waals surface area contributed by atoms with E-state index in [4.69, 9.17) is 5.73 Å². The van der Waals surface area contributed by atoms with Crippen molar-refractivity contribution in [3.05, 3.63) is 34.4 Å². The van der Waals surface area contributed by atoms with Crippen LogP contribution in [0.15, 0.2) is 29.2 Å². The Hall–Kier alpha value is -1.72. The van der Waals surface area contributed by atoms with Crippen molar-refractivity contribution in [1.82, 2.24) is 4.31 Å². The Morgan fingerprint density at radius 1 is 1.23 bits per heavy atom. The van der Waals surface area contributed by atoms with Gasteiger partial charge in [-0.1, -0.05) is 0 Å². The Morgan fingerprint density at radius 3 is 2.18 bits per heavy atom. The van der Waals surface area contributed by atoms with Gasteiger partial charge in [-0.25, -0.2) is 8.42 Å². The van der Waals surface area contributed by atoms with Crippen LogP contribution in [0.3, 0.4) is 0 Å². The molecule has 0 aliphatic rings. The lowest BCUT2D eigenvalue weighted by Gasteiger charge is -2.23. The first-order valence-corrected chi connectivity index (χ1v) is 7.53. The standard InChI is InChI=1S/C11H14F3N3O4S/c12-11(13,14)8-16(7-1-6-15)22(20,21)10-4-2-9(3-5-10)17(18)19/h2-5H,1,6-8,15H2. The molecule has 2 N–H and O–H groups in total.